The first-order valence-electron chi connectivity index (χ1n) is 7.97. The van der Waals surface area contributed by atoms with Crippen molar-refractivity contribution in [2.45, 2.75) is 31.3 Å². The minimum atomic E-state index is -3.50. The van der Waals surface area contributed by atoms with Gasteiger partial charge >= 0.3 is 0 Å². The molecule has 134 valence electrons. The summed E-state index contributed by atoms with van der Waals surface area (Å²) < 4.78 is 29.1. The highest BCUT2D eigenvalue weighted by Gasteiger charge is 2.22. The Hall–Kier alpha value is -2.34. The molecule has 0 saturated carbocycles. The Bertz CT molecular complexity index is 845. The zero-order valence-corrected chi connectivity index (χ0v) is 15.7. The third-order valence-corrected chi connectivity index (χ3v) is 5.01. The molecule has 0 atom stereocenters. The summed E-state index contributed by atoms with van der Waals surface area (Å²) in [5.74, 6) is 0.0182. The number of benzene rings is 2. The minimum absolute atomic E-state index is 0.0178. The number of carbonyl (C=O) groups is 1. The molecular formula is C19H23NO4S. The van der Waals surface area contributed by atoms with Gasteiger partial charge < -0.3 is 9.64 Å². The van der Waals surface area contributed by atoms with Crippen molar-refractivity contribution in [3.63, 3.8) is 0 Å². The molecule has 0 fully saturated rings. The molecule has 2 aromatic carbocycles. The van der Waals surface area contributed by atoms with E-state index in [1.54, 1.807) is 11.0 Å². The van der Waals surface area contributed by atoms with Crippen molar-refractivity contribution in [3.8, 4) is 5.75 Å². The highest BCUT2D eigenvalue weighted by Crippen LogP contribution is 2.26. The van der Waals surface area contributed by atoms with Crippen molar-refractivity contribution < 1.29 is 17.9 Å². The Morgan fingerprint density at radius 1 is 1.12 bits per heavy atom. The van der Waals surface area contributed by atoms with Gasteiger partial charge in [0, 0.05) is 24.4 Å². The highest BCUT2D eigenvalue weighted by molar-refractivity contribution is 7.90. The predicted octanol–water partition coefficient (Wildman–Crippen LogP) is 3.15. The van der Waals surface area contributed by atoms with Gasteiger partial charge in [0.1, 0.15) is 10.6 Å². The van der Waals surface area contributed by atoms with Gasteiger partial charge in [0.2, 0.25) is 0 Å². The van der Waals surface area contributed by atoms with E-state index in [0.29, 0.717) is 12.1 Å². The third kappa shape index (κ3) is 4.60. The van der Waals surface area contributed by atoms with Crippen LogP contribution in [0.3, 0.4) is 0 Å². The van der Waals surface area contributed by atoms with Gasteiger partial charge in [-0.3, -0.25) is 4.79 Å². The Morgan fingerprint density at radius 3 is 2.28 bits per heavy atom. The van der Waals surface area contributed by atoms with E-state index < -0.39 is 9.84 Å². The first-order valence-corrected chi connectivity index (χ1v) is 9.86. The van der Waals surface area contributed by atoms with Crippen molar-refractivity contribution in [1.29, 1.82) is 0 Å². The maximum absolute atomic E-state index is 13.0. The molecule has 2 aromatic rings. The van der Waals surface area contributed by atoms with Gasteiger partial charge in [-0.05, 0) is 37.6 Å². The van der Waals surface area contributed by atoms with Crippen molar-refractivity contribution in [2.24, 2.45) is 0 Å². The summed E-state index contributed by atoms with van der Waals surface area (Å²) in [5, 5.41) is 0. The van der Waals surface area contributed by atoms with E-state index in [2.05, 4.69) is 0 Å². The Labute approximate surface area is 149 Å². The fourth-order valence-corrected chi connectivity index (χ4v) is 3.39. The summed E-state index contributed by atoms with van der Waals surface area (Å²) in [6.07, 6.45) is 1.10. The first-order chi connectivity index (χ1) is 11.7. The molecule has 0 spiro atoms. The van der Waals surface area contributed by atoms with E-state index in [9.17, 15) is 13.2 Å². The molecule has 25 heavy (non-hydrogen) atoms. The van der Waals surface area contributed by atoms with Crippen LogP contribution in [-0.4, -0.2) is 38.6 Å². The van der Waals surface area contributed by atoms with Crippen molar-refractivity contribution in [1.82, 2.24) is 4.90 Å². The quantitative estimate of drug-likeness (QED) is 0.793. The number of nitrogens with zero attached hydrogens (tertiary/aromatic N) is 1. The fraction of sp³-hybridized carbons (Fsp3) is 0.316. The number of sulfone groups is 1. The van der Waals surface area contributed by atoms with Gasteiger partial charge in [-0.2, -0.15) is 0 Å². The van der Waals surface area contributed by atoms with Gasteiger partial charge in [0.25, 0.3) is 5.91 Å². The molecule has 0 aliphatic heterocycles. The second-order valence-electron chi connectivity index (χ2n) is 6.15. The molecule has 0 aliphatic rings. The second-order valence-corrected chi connectivity index (χ2v) is 8.13. The summed E-state index contributed by atoms with van der Waals surface area (Å²) in [4.78, 5) is 14.7. The molecule has 6 heteroatoms. The number of rotatable bonds is 6. The Kier molecular flexibility index (Phi) is 5.85. The zero-order valence-electron chi connectivity index (χ0n) is 14.9. The lowest BCUT2D eigenvalue weighted by atomic mass is 10.1. The summed E-state index contributed by atoms with van der Waals surface area (Å²) in [5.41, 5.74) is 1.34. The maximum Gasteiger partial charge on any atom is 0.254 e. The average molecular weight is 361 g/mol. The molecule has 1 amide bonds. The van der Waals surface area contributed by atoms with Gasteiger partial charge in [-0.15, -0.1) is 0 Å². The van der Waals surface area contributed by atoms with E-state index in [0.717, 1.165) is 11.8 Å². The molecule has 0 bridgehead atoms. The van der Waals surface area contributed by atoms with E-state index >= 15 is 0 Å². The number of hydrogen-bond donors (Lipinski definition) is 0. The first kappa shape index (κ1) is 19.0. The number of amides is 1. The Balaban J connectivity index is 2.39. The van der Waals surface area contributed by atoms with Crippen molar-refractivity contribution in [3.05, 3.63) is 59.7 Å². The standard InChI is InChI=1S/C19H23NO4S/c1-14(2)20(13-15-8-6-5-7-9-15)19(21)16-10-11-17(24-3)18(12-16)25(4,22)23/h5-12,14H,13H2,1-4H3. The number of carbonyl (C=O) groups excluding carboxylic acids is 1. The van der Waals surface area contributed by atoms with E-state index in [4.69, 9.17) is 4.74 Å². The van der Waals surface area contributed by atoms with Crippen LogP contribution in [0.1, 0.15) is 29.8 Å². The van der Waals surface area contributed by atoms with Gasteiger partial charge in [0.05, 0.1) is 7.11 Å². The van der Waals surface area contributed by atoms with Gasteiger partial charge in [-0.25, -0.2) is 8.42 Å². The van der Waals surface area contributed by atoms with Crippen LogP contribution in [-0.2, 0) is 16.4 Å². The summed E-state index contributed by atoms with van der Waals surface area (Å²) in [6.45, 7) is 4.32. The van der Waals surface area contributed by atoms with Crippen LogP contribution < -0.4 is 4.74 Å². The largest absolute Gasteiger partial charge is 0.495 e. The van der Waals surface area contributed by atoms with E-state index in [-0.39, 0.29) is 22.6 Å². The summed E-state index contributed by atoms with van der Waals surface area (Å²) in [6, 6.07) is 14.2. The summed E-state index contributed by atoms with van der Waals surface area (Å²) >= 11 is 0. The van der Waals surface area contributed by atoms with Crippen molar-refractivity contribution >= 4 is 15.7 Å². The van der Waals surface area contributed by atoms with Crippen LogP contribution in [0.2, 0.25) is 0 Å². The second kappa shape index (κ2) is 7.70. The molecule has 0 saturated heterocycles. The van der Waals surface area contributed by atoms with Gasteiger partial charge in [-0.1, -0.05) is 30.3 Å². The zero-order chi connectivity index (χ0) is 18.6. The van der Waals surface area contributed by atoms with Crippen LogP contribution in [0.5, 0.6) is 5.75 Å². The SMILES string of the molecule is COc1ccc(C(=O)N(Cc2ccccc2)C(C)C)cc1S(C)(=O)=O. The minimum Gasteiger partial charge on any atom is -0.495 e. The predicted molar refractivity (Wildman–Crippen MR) is 97.6 cm³/mol. The lowest BCUT2D eigenvalue weighted by molar-refractivity contribution is 0.0690. The summed E-state index contributed by atoms with van der Waals surface area (Å²) in [7, 11) is -2.10. The number of hydrogen-bond acceptors (Lipinski definition) is 4. The molecule has 0 heterocycles. The van der Waals surface area contributed by atoms with Crippen LogP contribution >= 0.6 is 0 Å². The smallest absolute Gasteiger partial charge is 0.254 e. The lowest BCUT2D eigenvalue weighted by Gasteiger charge is -2.27. The number of ether oxygens (including phenoxy) is 1. The normalized spacial score (nSPS) is 11.4. The highest BCUT2D eigenvalue weighted by atomic mass is 32.2. The Morgan fingerprint density at radius 2 is 1.76 bits per heavy atom. The third-order valence-electron chi connectivity index (χ3n) is 3.89. The molecule has 0 unspecified atom stereocenters. The lowest BCUT2D eigenvalue weighted by Crippen LogP contribution is -2.36. The molecule has 0 aliphatic carbocycles. The van der Waals surface area contributed by atoms with Crippen LogP contribution in [0.15, 0.2) is 53.4 Å². The molecule has 0 radical (unpaired) electrons. The topological polar surface area (TPSA) is 63.7 Å². The average Bonchev–Trinajstić information content (AvgIpc) is 2.58. The molecular weight excluding hydrogens is 338 g/mol. The van der Waals surface area contributed by atoms with Crippen LogP contribution in [0.4, 0.5) is 0 Å². The molecule has 0 N–H and O–H groups in total. The van der Waals surface area contributed by atoms with Crippen LogP contribution in [0, 0.1) is 0 Å². The van der Waals surface area contributed by atoms with E-state index in [1.165, 1.54) is 19.2 Å². The van der Waals surface area contributed by atoms with Gasteiger partial charge in [0.15, 0.2) is 9.84 Å². The maximum atomic E-state index is 13.0. The molecule has 0 aromatic heterocycles. The molecule has 2 rings (SSSR count). The molecule has 5 nitrogen and oxygen atoms in total. The monoisotopic (exact) mass is 361 g/mol. The fourth-order valence-electron chi connectivity index (χ4n) is 2.53. The van der Waals surface area contributed by atoms with E-state index in [1.807, 2.05) is 44.2 Å². The van der Waals surface area contributed by atoms with Crippen LogP contribution in [0.25, 0.3) is 0 Å². The van der Waals surface area contributed by atoms with Crippen molar-refractivity contribution in [2.75, 3.05) is 13.4 Å². The number of methoxy groups -OCH3 is 1.